The number of carbonyl (C=O) groups excluding carboxylic acids is 1. The highest BCUT2D eigenvalue weighted by Crippen LogP contribution is 2.24. The topological polar surface area (TPSA) is 75.8 Å². The van der Waals surface area contributed by atoms with Crippen LogP contribution in [0.5, 0.6) is 0 Å². The average Bonchev–Trinajstić information content (AvgIpc) is 2.74. The predicted molar refractivity (Wildman–Crippen MR) is 63.3 cm³/mol. The van der Waals surface area contributed by atoms with E-state index >= 15 is 0 Å². The third kappa shape index (κ3) is 2.61. The van der Waals surface area contributed by atoms with Gasteiger partial charge in [0.05, 0.1) is 31.3 Å². The fourth-order valence-electron chi connectivity index (χ4n) is 2.79. The molecule has 0 aromatic rings. The molecule has 17 heavy (non-hydrogen) atoms. The molecule has 1 amide bonds. The molecule has 0 aromatic heterocycles. The van der Waals surface area contributed by atoms with Crippen molar-refractivity contribution in [1.29, 1.82) is 0 Å². The van der Waals surface area contributed by atoms with E-state index in [-0.39, 0.29) is 23.9 Å². The van der Waals surface area contributed by atoms with E-state index in [9.17, 15) is 9.90 Å². The first-order valence-corrected chi connectivity index (χ1v) is 6.39. The van der Waals surface area contributed by atoms with E-state index < -0.39 is 6.10 Å². The van der Waals surface area contributed by atoms with Gasteiger partial charge >= 0.3 is 0 Å². The van der Waals surface area contributed by atoms with Gasteiger partial charge in [0.2, 0.25) is 5.91 Å². The van der Waals surface area contributed by atoms with Crippen LogP contribution in [0.25, 0.3) is 0 Å². The Bertz CT molecular complexity index is 285. The number of likely N-dealkylation sites (N-methyl/N-ethyl adjacent to an activating group) is 1. The summed E-state index contributed by atoms with van der Waals surface area (Å²) in [5.41, 5.74) is 5.85. The second kappa shape index (κ2) is 5.33. The molecule has 1 saturated carbocycles. The van der Waals surface area contributed by atoms with Crippen LogP contribution >= 0.6 is 0 Å². The third-order valence-corrected chi connectivity index (χ3v) is 3.98. The number of aliphatic hydroxyl groups is 1. The Morgan fingerprint density at radius 3 is 2.65 bits per heavy atom. The maximum atomic E-state index is 12.3. The maximum Gasteiger partial charge on any atom is 0.229 e. The number of aliphatic hydroxyl groups excluding tert-OH is 1. The number of ether oxygens (including phenoxy) is 1. The van der Waals surface area contributed by atoms with Gasteiger partial charge in [0.1, 0.15) is 0 Å². The highest BCUT2D eigenvalue weighted by Gasteiger charge is 2.37. The Hall–Kier alpha value is -0.650. The van der Waals surface area contributed by atoms with Gasteiger partial charge in [0.15, 0.2) is 0 Å². The third-order valence-electron chi connectivity index (χ3n) is 3.98. The van der Waals surface area contributed by atoms with Crippen molar-refractivity contribution >= 4 is 5.91 Å². The second-order valence-corrected chi connectivity index (χ2v) is 5.18. The van der Waals surface area contributed by atoms with E-state index in [4.69, 9.17) is 10.5 Å². The number of amides is 1. The molecule has 1 aliphatic carbocycles. The molecule has 5 nitrogen and oxygen atoms in total. The number of rotatable bonds is 2. The molecule has 0 aromatic carbocycles. The number of hydrogen-bond acceptors (Lipinski definition) is 4. The lowest BCUT2D eigenvalue weighted by Crippen LogP contribution is -2.51. The van der Waals surface area contributed by atoms with Gasteiger partial charge in [-0.3, -0.25) is 4.79 Å². The van der Waals surface area contributed by atoms with E-state index in [0.29, 0.717) is 13.2 Å². The lowest BCUT2D eigenvalue weighted by molar-refractivity contribution is -0.140. The molecule has 1 saturated heterocycles. The van der Waals surface area contributed by atoms with Crippen LogP contribution in [0, 0.1) is 5.92 Å². The molecule has 0 radical (unpaired) electrons. The van der Waals surface area contributed by atoms with Crippen LogP contribution in [0.4, 0.5) is 0 Å². The Labute approximate surface area is 102 Å². The first kappa shape index (κ1) is 12.8. The zero-order valence-electron chi connectivity index (χ0n) is 10.3. The van der Waals surface area contributed by atoms with Crippen molar-refractivity contribution in [3.8, 4) is 0 Å². The maximum absolute atomic E-state index is 12.3. The number of nitrogens with two attached hydrogens (primary N) is 1. The van der Waals surface area contributed by atoms with Gasteiger partial charge in [-0.2, -0.15) is 0 Å². The summed E-state index contributed by atoms with van der Waals surface area (Å²) in [6.45, 7) is 0.866. The van der Waals surface area contributed by atoms with Gasteiger partial charge < -0.3 is 20.5 Å². The molecule has 2 aliphatic rings. The SMILES string of the molecule is CN(C(=O)C1COCC1N)C1CCCCC1O. The molecule has 1 aliphatic heterocycles. The van der Waals surface area contributed by atoms with Gasteiger partial charge in [-0.25, -0.2) is 0 Å². The molecule has 3 N–H and O–H groups in total. The molecule has 4 unspecified atom stereocenters. The Balaban J connectivity index is 1.98. The molecular weight excluding hydrogens is 220 g/mol. The van der Waals surface area contributed by atoms with E-state index in [1.807, 2.05) is 0 Å². The number of carbonyl (C=O) groups is 1. The van der Waals surface area contributed by atoms with Crippen LogP contribution in [-0.4, -0.2) is 54.4 Å². The van der Waals surface area contributed by atoms with Gasteiger partial charge in [0.25, 0.3) is 0 Å². The van der Waals surface area contributed by atoms with Crippen LogP contribution in [0.2, 0.25) is 0 Å². The minimum absolute atomic E-state index is 0.0148. The highest BCUT2D eigenvalue weighted by atomic mass is 16.5. The molecule has 2 rings (SSSR count). The van der Waals surface area contributed by atoms with Crippen LogP contribution in [0.1, 0.15) is 25.7 Å². The monoisotopic (exact) mass is 242 g/mol. The standard InChI is InChI=1S/C12H22N2O3/c1-14(10-4-2-3-5-11(10)15)12(16)8-6-17-7-9(8)13/h8-11,15H,2-7,13H2,1H3. The van der Waals surface area contributed by atoms with Crippen molar-refractivity contribution in [3.05, 3.63) is 0 Å². The normalized spacial score (nSPS) is 38.1. The molecule has 98 valence electrons. The molecule has 0 bridgehead atoms. The van der Waals surface area contributed by atoms with Crippen molar-refractivity contribution in [2.45, 2.75) is 43.9 Å². The highest BCUT2D eigenvalue weighted by molar-refractivity contribution is 5.80. The second-order valence-electron chi connectivity index (χ2n) is 5.18. The smallest absolute Gasteiger partial charge is 0.229 e. The van der Waals surface area contributed by atoms with E-state index in [0.717, 1.165) is 25.7 Å². The minimum atomic E-state index is -0.392. The minimum Gasteiger partial charge on any atom is -0.391 e. The van der Waals surface area contributed by atoms with Crippen LogP contribution in [0.3, 0.4) is 0 Å². The lowest BCUT2D eigenvalue weighted by Gasteiger charge is -2.36. The van der Waals surface area contributed by atoms with Gasteiger partial charge in [-0.05, 0) is 12.8 Å². The van der Waals surface area contributed by atoms with Gasteiger partial charge in [0, 0.05) is 13.1 Å². The largest absolute Gasteiger partial charge is 0.391 e. The summed E-state index contributed by atoms with van der Waals surface area (Å²) < 4.78 is 5.22. The van der Waals surface area contributed by atoms with E-state index in [2.05, 4.69) is 0 Å². The summed E-state index contributed by atoms with van der Waals surface area (Å²) in [6, 6.07) is -0.255. The van der Waals surface area contributed by atoms with Crippen molar-refractivity contribution in [1.82, 2.24) is 4.90 Å². The van der Waals surface area contributed by atoms with Crippen molar-refractivity contribution in [3.63, 3.8) is 0 Å². The zero-order valence-corrected chi connectivity index (χ0v) is 10.3. The molecule has 0 spiro atoms. The van der Waals surface area contributed by atoms with Gasteiger partial charge in [-0.1, -0.05) is 12.8 Å². The summed E-state index contributed by atoms with van der Waals surface area (Å²) in [6.07, 6.45) is 3.40. The number of hydrogen-bond donors (Lipinski definition) is 2. The quantitative estimate of drug-likeness (QED) is 0.698. The summed E-state index contributed by atoms with van der Waals surface area (Å²) in [7, 11) is 1.77. The van der Waals surface area contributed by atoms with E-state index in [1.165, 1.54) is 0 Å². The fraction of sp³-hybridized carbons (Fsp3) is 0.917. The first-order chi connectivity index (χ1) is 8.11. The van der Waals surface area contributed by atoms with Gasteiger partial charge in [-0.15, -0.1) is 0 Å². The summed E-state index contributed by atoms with van der Waals surface area (Å²) in [5, 5.41) is 9.94. The Morgan fingerprint density at radius 1 is 1.35 bits per heavy atom. The van der Waals surface area contributed by atoms with Crippen molar-refractivity contribution < 1.29 is 14.6 Å². The fourth-order valence-corrected chi connectivity index (χ4v) is 2.79. The average molecular weight is 242 g/mol. The van der Waals surface area contributed by atoms with Crippen LogP contribution < -0.4 is 5.73 Å². The molecule has 2 fully saturated rings. The summed E-state index contributed by atoms with van der Waals surface area (Å²) in [5.74, 6) is -0.227. The zero-order chi connectivity index (χ0) is 12.4. The molecule has 1 heterocycles. The summed E-state index contributed by atoms with van der Waals surface area (Å²) in [4.78, 5) is 13.9. The number of nitrogens with zero attached hydrogens (tertiary/aromatic N) is 1. The first-order valence-electron chi connectivity index (χ1n) is 6.39. The van der Waals surface area contributed by atoms with Crippen LogP contribution in [0.15, 0.2) is 0 Å². The molecule has 5 heteroatoms. The van der Waals surface area contributed by atoms with Crippen LogP contribution in [-0.2, 0) is 9.53 Å². The van der Waals surface area contributed by atoms with E-state index in [1.54, 1.807) is 11.9 Å². The van der Waals surface area contributed by atoms with Crippen molar-refractivity contribution in [2.24, 2.45) is 11.7 Å². The summed E-state index contributed by atoms with van der Waals surface area (Å²) >= 11 is 0. The van der Waals surface area contributed by atoms with Crippen molar-refractivity contribution in [2.75, 3.05) is 20.3 Å². The molecular formula is C12H22N2O3. The Kier molecular flexibility index (Phi) is 4.01. The Morgan fingerprint density at radius 2 is 2.06 bits per heavy atom. The lowest BCUT2D eigenvalue weighted by atomic mass is 9.90. The molecule has 4 atom stereocenters. The predicted octanol–water partition coefficient (Wildman–Crippen LogP) is -0.278.